The van der Waals surface area contributed by atoms with E-state index in [1.54, 1.807) is 6.92 Å². The van der Waals surface area contributed by atoms with Crippen molar-refractivity contribution in [2.75, 3.05) is 7.05 Å². The minimum Gasteiger partial charge on any atom is -0.390 e. The standard InChI is InChI=1S/C11H16ClNO/c1-9(14)11(12)13(2)8-10-6-4-3-5-7-10/h3-7,9,11,14H,8H2,1-2H3. The molecule has 0 aliphatic carbocycles. The first kappa shape index (κ1) is 11.5. The lowest BCUT2D eigenvalue weighted by Gasteiger charge is -2.24. The van der Waals surface area contributed by atoms with Crippen molar-refractivity contribution in [2.24, 2.45) is 0 Å². The van der Waals surface area contributed by atoms with E-state index in [0.29, 0.717) is 0 Å². The van der Waals surface area contributed by atoms with Crippen LogP contribution >= 0.6 is 11.6 Å². The van der Waals surface area contributed by atoms with Crippen LogP contribution in [0.3, 0.4) is 0 Å². The van der Waals surface area contributed by atoms with Gasteiger partial charge in [0.25, 0.3) is 0 Å². The Morgan fingerprint density at radius 2 is 1.93 bits per heavy atom. The maximum absolute atomic E-state index is 9.30. The molecule has 1 aromatic rings. The van der Waals surface area contributed by atoms with Crippen LogP contribution < -0.4 is 0 Å². The van der Waals surface area contributed by atoms with Crippen molar-refractivity contribution in [3.8, 4) is 0 Å². The molecule has 2 nitrogen and oxygen atoms in total. The van der Waals surface area contributed by atoms with Crippen LogP contribution in [0.2, 0.25) is 0 Å². The Kier molecular flexibility index (Phi) is 4.39. The van der Waals surface area contributed by atoms with Crippen LogP contribution in [0.1, 0.15) is 12.5 Å². The average Bonchev–Trinajstić information content (AvgIpc) is 2.18. The summed E-state index contributed by atoms with van der Waals surface area (Å²) in [7, 11) is 1.90. The second-order valence-electron chi connectivity index (χ2n) is 3.51. The van der Waals surface area contributed by atoms with Crippen LogP contribution in [0.25, 0.3) is 0 Å². The molecule has 0 saturated carbocycles. The zero-order chi connectivity index (χ0) is 10.6. The van der Waals surface area contributed by atoms with Crippen molar-refractivity contribution in [3.05, 3.63) is 35.9 Å². The fraction of sp³-hybridized carbons (Fsp3) is 0.455. The maximum atomic E-state index is 9.30. The topological polar surface area (TPSA) is 23.5 Å². The van der Waals surface area contributed by atoms with Crippen molar-refractivity contribution in [1.29, 1.82) is 0 Å². The van der Waals surface area contributed by atoms with Gasteiger partial charge in [-0.1, -0.05) is 30.3 Å². The molecule has 78 valence electrons. The van der Waals surface area contributed by atoms with Crippen molar-refractivity contribution >= 4 is 11.6 Å². The second-order valence-corrected chi connectivity index (χ2v) is 3.96. The predicted octanol–water partition coefficient (Wildman–Crippen LogP) is 2.06. The summed E-state index contributed by atoms with van der Waals surface area (Å²) in [5.41, 5.74) is 0.858. The highest BCUT2D eigenvalue weighted by Gasteiger charge is 2.16. The molecule has 0 amide bonds. The number of aliphatic hydroxyl groups excluding tert-OH is 1. The Balaban J connectivity index is 2.53. The lowest BCUT2D eigenvalue weighted by molar-refractivity contribution is 0.116. The van der Waals surface area contributed by atoms with E-state index in [4.69, 9.17) is 11.6 Å². The van der Waals surface area contributed by atoms with Gasteiger partial charge in [0, 0.05) is 6.54 Å². The lowest BCUT2D eigenvalue weighted by atomic mass is 10.2. The van der Waals surface area contributed by atoms with Gasteiger partial charge in [-0.15, -0.1) is 11.6 Å². The number of hydrogen-bond acceptors (Lipinski definition) is 2. The largest absolute Gasteiger partial charge is 0.390 e. The van der Waals surface area contributed by atoms with Crippen LogP contribution in [0, 0.1) is 0 Å². The third-order valence-corrected chi connectivity index (χ3v) is 2.79. The van der Waals surface area contributed by atoms with E-state index in [1.165, 1.54) is 5.56 Å². The highest BCUT2D eigenvalue weighted by molar-refractivity contribution is 6.20. The fourth-order valence-corrected chi connectivity index (χ4v) is 1.40. The Hall–Kier alpha value is -0.570. The van der Waals surface area contributed by atoms with Crippen LogP contribution in [0.4, 0.5) is 0 Å². The number of benzene rings is 1. The minimum absolute atomic E-state index is 0.338. The van der Waals surface area contributed by atoms with Gasteiger partial charge >= 0.3 is 0 Å². The Morgan fingerprint density at radius 3 is 2.43 bits per heavy atom. The smallest absolute Gasteiger partial charge is 0.111 e. The highest BCUT2D eigenvalue weighted by Crippen LogP contribution is 2.11. The van der Waals surface area contributed by atoms with Gasteiger partial charge in [0.05, 0.1) is 6.10 Å². The zero-order valence-corrected chi connectivity index (χ0v) is 9.28. The zero-order valence-electron chi connectivity index (χ0n) is 8.52. The average molecular weight is 214 g/mol. The van der Waals surface area contributed by atoms with Gasteiger partial charge in [-0.25, -0.2) is 0 Å². The number of halogens is 1. The second kappa shape index (κ2) is 5.35. The van der Waals surface area contributed by atoms with Crippen molar-refractivity contribution in [2.45, 2.75) is 25.1 Å². The quantitative estimate of drug-likeness (QED) is 0.612. The molecule has 3 heteroatoms. The molecule has 0 aliphatic rings. The van der Waals surface area contributed by atoms with Crippen LogP contribution in [0.15, 0.2) is 30.3 Å². The number of nitrogens with zero attached hydrogens (tertiary/aromatic N) is 1. The van der Waals surface area contributed by atoms with E-state index >= 15 is 0 Å². The van der Waals surface area contributed by atoms with Gasteiger partial charge in [-0.05, 0) is 19.5 Å². The summed E-state index contributed by atoms with van der Waals surface area (Å²) in [6, 6.07) is 10.1. The lowest BCUT2D eigenvalue weighted by Crippen LogP contribution is -2.34. The predicted molar refractivity (Wildman–Crippen MR) is 59.2 cm³/mol. The molecule has 0 heterocycles. The van der Waals surface area contributed by atoms with Gasteiger partial charge in [-0.2, -0.15) is 0 Å². The Bertz CT molecular complexity index is 263. The Labute approximate surface area is 90.1 Å². The number of rotatable bonds is 4. The summed E-state index contributed by atoms with van der Waals surface area (Å²) < 4.78 is 0. The van der Waals surface area contributed by atoms with Crippen molar-refractivity contribution in [1.82, 2.24) is 4.90 Å². The summed E-state index contributed by atoms with van der Waals surface area (Å²) in [5, 5.41) is 9.30. The van der Waals surface area contributed by atoms with Crippen molar-refractivity contribution < 1.29 is 5.11 Å². The molecule has 1 aromatic carbocycles. The molecule has 0 aromatic heterocycles. The Morgan fingerprint density at radius 1 is 1.36 bits per heavy atom. The summed E-state index contributed by atoms with van der Waals surface area (Å²) in [5.74, 6) is 0. The monoisotopic (exact) mass is 213 g/mol. The first-order valence-electron chi connectivity index (χ1n) is 4.67. The van der Waals surface area contributed by atoms with Gasteiger partial charge < -0.3 is 5.11 Å². The maximum Gasteiger partial charge on any atom is 0.111 e. The first-order chi connectivity index (χ1) is 6.61. The molecule has 0 radical (unpaired) electrons. The number of alkyl halides is 1. The van der Waals surface area contributed by atoms with Gasteiger partial charge in [0.15, 0.2) is 0 Å². The summed E-state index contributed by atoms with van der Waals surface area (Å²) in [6.07, 6.45) is -0.523. The SMILES string of the molecule is CC(O)C(Cl)N(C)Cc1ccccc1. The van der Waals surface area contributed by atoms with E-state index < -0.39 is 6.10 Å². The van der Waals surface area contributed by atoms with Crippen LogP contribution in [0.5, 0.6) is 0 Å². The highest BCUT2D eigenvalue weighted by atomic mass is 35.5. The normalized spacial score (nSPS) is 15.5. The first-order valence-corrected chi connectivity index (χ1v) is 5.11. The van der Waals surface area contributed by atoms with Gasteiger partial charge in [-0.3, -0.25) is 4.90 Å². The molecule has 14 heavy (non-hydrogen) atoms. The molecule has 1 rings (SSSR count). The summed E-state index contributed by atoms with van der Waals surface area (Å²) >= 11 is 5.99. The molecular weight excluding hydrogens is 198 g/mol. The minimum atomic E-state index is -0.523. The molecule has 0 bridgehead atoms. The fourth-order valence-electron chi connectivity index (χ4n) is 1.33. The molecule has 0 saturated heterocycles. The number of hydrogen-bond donors (Lipinski definition) is 1. The van der Waals surface area contributed by atoms with Gasteiger partial charge in [0.2, 0.25) is 0 Å². The third-order valence-electron chi connectivity index (χ3n) is 2.09. The van der Waals surface area contributed by atoms with Crippen molar-refractivity contribution in [3.63, 3.8) is 0 Å². The molecular formula is C11H16ClNO. The molecule has 1 N–H and O–H groups in total. The van der Waals surface area contributed by atoms with E-state index in [-0.39, 0.29) is 5.50 Å². The van der Waals surface area contributed by atoms with E-state index in [1.807, 2.05) is 42.3 Å². The van der Waals surface area contributed by atoms with E-state index in [0.717, 1.165) is 6.54 Å². The van der Waals surface area contributed by atoms with Crippen LogP contribution in [-0.4, -0.2) is 28.7 Å². The molecule has 0 aliphatic heterocycles. The van der Waals surface area contributed by atoms with E-state index in [2.05, 4.69) is 0 Å². The molecule has 0 spiro atoms. The number of aliphatic hydroxyl groups is 1. The number of likely N-dealkylation sites (N-methyl/N-ethyl adjacent to an activating group) is 1. The third kappa shape index (κ3) is 3.29. The summed E-state index contributed by atoms with van der Waals surface area (Å²) in [6.45, 7) is 2.44. The molecule has 2 atom stereocenters. The molecule has 0 fully saturated rings. The summed E-state index contributed by atoms with van der Waals surface area (Å²) in [4.78, 5) is 1.92. The van der Waals surface area contributed by atoms with Crippen LogP contribution in [-0.2, 0) is 6.54 Å². The van der Waals surface area contributed by atoms with Gasteiger partial charge in [0.1, 0.15) is 5.50 Å². The van der Waals surface area contributed by atoms with E-state index in [9.17, 15) is 5.11 Å². The molecule has 2 unspecified atom stereocenters.